The molecular weight excluding hydrogens is 368 g/mol. The van der Waals surface area contributed by atoms with Crippen molar-refractivity contribution in [2.24, 2.45) is 5.92 Å². The third kappa shape index (κ3) is 3.98. The fourth-order valence-corrected chi connectivity index (χ4v) is 3.39. The highest BCUT2D eigenvalue weighted by atomic mass is 16.2. The van der Waals surface area contributed by atoms with Crippen molar-refractivity contribution in [3.63, 3.8) is 0 Å². The van der Waals surface area contributed by atoms with E-state index in [-0.39, 0.29) is 11.9 Å². The van der Waals surface area contributed by atoms with Crippen LogP contribution in [0.15, 0.2) is 61.1 Å². The Bertz CT molecular complexity index is 1070. The maximum Gasteiger partial charge on any atom is 0.250 e. The molecule has 2 atom stereocenters. The minimum absolute atomic E-state index is 0.207. The van der Waals surface area contributed by atoms with Gasteiger partial charge in [-0.2, -0.15) is 0 Å². The Morgan fingerprint density at radius 1 is 1.07 bits per heavy atom. The SMILES string of the molecule is CC(C)CC(NC(=O)C(c1ccccc1)n1cnnn1)c1nnc2ccccn12. The molecule has 1 amide bonds. The van der Waals surface area contributed by atoms with Gasteiger partial charge in [-0.1, -0.05) is 50.2 Å². The van der Waals surface area contributed by atoms with E-state index in [4.69, 9.17) is 0 Å². The number of amides is 1. The van der Waals surface area contributed by atoms with Crippen molar-refractivity contribution < 1.29 is 4.79 Å². The molecule has 0 radical (unpaired) electrons. The number of carbonyl (C=O) groups is 1. The topological polar surface area (TPSA) is 103 Å². The zero-order valence-corrected chi connectivity index (χ0v) is 16.3. The number of benzene rings is 1. The summed E-state index contributed by atoms with van der Waals surface area (Å²) in [5.41, 5.74) is 1.54. The van der Waals surface area contributed by atoms with E-state index in [9.17, 15) is 4.79 Å². The van der Waals surface area contributed by atoms with Gasteiger partial charge < -0.3 is 5.32 Å². The number of aromatic nitrogens is 7. The Hall–Kier alpha value is -3.62. The van der Waals surface area contributed by atoms with Crippen molar-refractivity contribution in [3.05, 3.63) is 72.4 Å². The molecule has 3 aromatic heterocycles. The molecule has 0 aliphatic carbocycles. The van der Waals surface area contributed by atoms with Crippen LogP contribution in [-0.2, 0) is 4.79 Å². The molecule has 4 aromatic rings. The Balaban J connectivity index is 1.68. The second-order valence-electron chi connectivity index (χ2n) is 7.28. The van der Waals surface area contributed by atoms with Crippen molar-refractivity contribution in [2.45, 2.75) is 32.4 Å². The zero-order chi connectivity index (χ0) is 20.2. The summed E-state index contributed by atoms with van der Waals surface area (Å²) < 4.78 is 3.36. The molecule has 0 spiro atoms. The Labute approximate surface area is 167 Å². The van der Waals surface area contributed by atoms with Gasteiger partial charge >= 0.3 is 0 Å². The lowest BCUT2D eigenvalue weighted by Gasteiger charge is -2.23. The van der Waals surface area contributed by atoms with Gasteiger partial charge in [0.2, 0.25) is 5.91 Å². The van der Waals surface area contributed by atoms with Crippen LogP contribution in [0.5, 0.6) is 0 Å². The van der Waals surface area contributed by atoms with E-state index >= 15 is 0 Å². The van der Waals surface area contributed by atoms with Crippen LogP contribution < -0.4 is 5.32 Å². The zero-order valence-electron chi connectivity index (χ0n) is 16.3. The van der Waals surface area contributed by atoms with Gasteiger partial charge in [0.1, 0.15) is 6.33 Å². The summed E-state index contributed by atoms with van der Waals surface area (Å²) in [7, 11) is 0. The summed E-state index contributed by atoms with van der Waals surface area (Å²) in [4.78, 5) is 13.4. The Morgan fingerprint density at radius 2 is 1.86 bits per heavy atom. The Kier molecular flexibility index (Phi) is 5.28. The second-order valence-corrected chi connectivity index (χ2v) is 7.28. The average Bonchev–Trinajstić information content (AvgIpc) is 3.38. The summed E-state index contributed by atoms with van der Waals surface area (Å²) in [6.07, 6.45) is 4.07. The lowest BCUT2D eigenvalue weighted by molar-refractivity contribution is -0.124. The van der Waals surface area contributed by atoms with Crippen LogP contribution in [0.4, 0.5) is 0 Å². The summed E-state index contributed by atoms with van der Waals surface area (Å²) >= 11 is 0. The molecule has 2 unspecified atom stereocenters. The summed E-state index contributed by atoms with van der Waals surface area (Å²) in [5, 5.41) is 23.1. The van der Waals surface area contributed by atoms with Gasteiger partial charge in [-0.05, 0) is 40.5 Å². The predicted molar refractivity (Wildman–Crippen MR) is 106 cm³/mol. The van der Waals surface area contributed by atoms with Crippen LogP contribution in [0.25, 0.3) is 5.65 Å². The molecule has 1 aromatic carbocycles. The largest absolute Gasteiger partial charge is 0.344 e. The maximum absolute atomic E-state index is 13.4. The van der Waals surface area contributed by atoms with E-state index in [1.165, 1.54) is 11.0 Å². The van der Waals surface area contributed by atoms with Crippen molar-refractivity contribution in [1.29, 1.82) is 0 Å². The van der Waals surface area contributed by atoms with Crippen LogP contribution in [0.3, 0.4) is 0 Å². The highest BCUT2D eigenvalue weighted by molar-refractivity contribution is 5.83. The van der Waals surface area contributed by atoms with Gasteiger partial charge in [-0.25, -0.2) is 4.68 Å². The number of rotatable bonds is 7. The van der Waals surface area contributed by atoms with Crippen LogP contribution in [0, 0.1) is 5.92 Å². The lowest BCUT2D eigenvalue weighted by atomic mass is 10.0. The van der Waals surface area contributed by atoms with Crippen molar-refractivity contribution in [3.8, 4) is 0 Å². The maximum atomic E-state index is 13.4. The molecule has 29 heavy (non-hydrogen) atoms. The Morgan fingerprint density at radius 3 is 2.59 bits per heavy atom. The minimum Gasteiger partial charge on any atom is -0.344 e. The van der Waals surface area contributed by atoms with Gasteiger partial charge in [-0.15, -0.1) is 15.3 Å². The quantitative estimate of drug-likeness (QED) is 0.519. The molecule has 9 nitrogen and oxygen atoms in total. The van der Waals surface area contributed by atoms with E-state index in [0.717, 1.165) is 17.6 Å². The van der Waals surface area contributed by atoms with Gasteiger partial charge in [0, 0.05) is 6.20 Å². The number of hydrogen-bond acceptors (Lipinski definition) is 6. The predicted octanol–water partition coefficient (Wildman–Crippen LogP) is 2.21. The average molecular weight is 390 g/mol. The molecule has 3 heterocycles. The first-order valence-corrected chi connectivity index (χ1v) is 9.51. The third-order valence-electron chi connectivity index (χ3n) is 4.67. The van der Waals surface area contributed by atoms with Crippen LogP contribution in [0.1, 0.15) is 43.7 Å². The van der Waals surface area contributed by atoms with Crippen LogP contribution in [-0.4, -0.2) is 40.7 Å². The van der Waals surface area contributed by atoms with E-state index < -0.39 is 6.04 Å². The van der Waals surface area contributed by atoms with Gasteiger partial charge in [0.25, 0.3) is 0 Å². The number of nitrogens with one attached hydrogen (secondary N) is 1. The molecule has 4 rings (SSSR count). The van der Waals surface area contributed by atoms with Crippen LogP contribution in [0.2, 0.25) is 0 Å². The number of pyridine rings is 1. The first-order valence-electron chi connectivity index (χ1n) is 9.51. The molecule has 0 saturated heterocycles. The number of tetrazole rings is 1. The van der Waals surface area contributed by atoms with E-state index in [2.05, 4.69) is 44.9 Å². The van der Waals surface area contributed by atoms with E-state index in [1.54, 1.807) is 0 Å². The molecule has 0 saturated carbocycles. The standard InChI is InChI=1S/C20H22N8O/c1-14(2)12-16(19-24-23-17-10-6-7-11-27(17)19)22-20(29)18(28-13-21-25-26-28)15-8-4-3-5-9-15/h3-11,13-14,16,18H,12H2,1-2H3,(H,22,29). The van der Waals surface area contributed by atoms with Crippen LogP contribution >= 0.6 is 0 Å². The molecule has 0 aliphatic rings. The van der Waals surface area contributed by atoms with Crippen molar-refractivity contribution in [2.75, 3.05) is 0 Å². The molecule has 148 valence electrons. The number of carbonyl (C=O) groups excluding carboxylic acids is 1. The fourth-order valence-electron chi connectivity index (χ4n) is 3.39. The molecule has 9 heteroatoms. The first-order chi connectivity index (χ1) is 14.1. The second kappa shape index (κ2) is 8.17. The molecule has 0 bridgehead atoms. The van der Waals surface area contributed by atoms with Gasteiger partial charge in [0.15, 0.2) is 17.5 Å². The highest BCUT2D eigenvalue weighted by Gasteiger charge is 2.28. The monoisotopic (exact) mass is 390 g/mol. The normalized spacial score (nSPS) is 13.5. The summed E-state index contributed by atoms with van der Waals surface area (Å²) in [6.45, 7) is 4.22. The number of nitrogens with zero attached hydrogens (tertiary/aromatic N) is 7. The fraction of sp³-hybridized carbons (Fsp3) is 0.300. The number of fused-ring (bicyclic) bond motifs is 1. The smallest absolute Gasteiger partial charge is 0.250 e. The highest BCUT2D eigenvalue weighted by Crippen LogP contribution is 2.24. The van der Waals surface area contributed by atoms with E-state index in [0.29, 0.717) is 11.7 Å². The minimum atomic E-state index is -0.681. The van der Waals surface area contributed by atoms with Crippen molar-refractivity contribution >= 4 is 11.6 Å². The lowest BCUT2D eigenvalue weighted by Crippen LogP contribution is -2.37. The van der Waals surface area contributed by atoms with Crippen molar-refractivity contribution in [1.82, 2.24) is 40.1 Å². The third-order valence-corrected chi connectivity index (χ3v) is 4.67. The summed E-state index contributed by atoms with van der Waals surface area (Å²) in [5.74, 6) is 0.840. The molecule has 0 aliphatic heterocycles. The summed E-state index contributed by atoms with van der Waals surface area (Å²) in [6, 6.07) is 14.2. The number of hydrogen-bond donors (Lipinski definition) is 1. The van der Waals surface area contributed by atoms with Gasteiger partial charge in [-0.3, -0.25) is 9.20 Å². The van der Waals surface area contributed by atoms with E-state index in [1.807, 2.05) is 59.1 Å². The molecule has 0 fully saturated rings. The molecule has 1 N–H and O–H groups in total. The first kappa shape index (κ1) is 18.7. The van der Waals surface area contributed by atoms with Gasteiger partial charge in [0.05, 0.1) is 6.04 Å². The molecular formula is C20H22N8O.